The number of amides is 1. The molecular weight excluding hydrogens is 277 g/mol. The molecule has 2 rings (SSSR count). The summed E-state index contributed by atoms with van der Waals surface area (Å²) in [5.41, 5.74) is 0.513. The van der Waals surface area contributed by atoms with Gasteiger partial charge in [0.25, 0.3) is 5.91 Å². The van der Waals surface area contributed by atoms with Gasteiger partial charge < -0.3 is 15.1 Å². The summed E-state index contributed by atoms with van der Waals surface area (Å²) in [6.45, 7) is 0. The number of nitrogens with zero attached hydrogens (tertiary/aromatic N) is 1. The van der Waals surface area contributed by atoms with Gasteiger partial charge in [-0.1, -0.05) is 0 Å². The first-order valence-corrected chi connectivity index (χ1v) is 6.00. The molecule has 108 valence electrons. The van der Waals surface area contributed by atoms with Gasteiger partial charge in [-0.05, 0) is 36.4 Å². The summed E-state index contributed by atoms with van der Waals surface area (Å²) in [5, 5.41) is 18.4. The molecule has 0 aliphatic rings. The highest BCUT2D eigenvalue weighted by Gasteiger charge is 2.17. The number of aromatic carboxylic acids is 1. The predicted molar refractivity (Wildman–Crippen MR) is 74.2 cm³/mol. The maximum absolute atomic E-state index is 12.9. The Morgan fingerprint density at radius 2 is 1.71 bits per heavy atom. The van der Waals surface area contributed by atoms with Crippen molar-refractivity contribution in [2.75, 3.05) is 11.9 Å². The first-order valence-electron chi connectivity index (χ1n) is 6.00. The van der Waals surface area contributed by atoms with Crippen LogP contribution in [0.4, 0.5) is 10.1 Å². The molecule has 1 amide bonds. The SMILES string of the molecule is CN(C(=O)c1ccc(F)cc1O)c1ccc(C(=O)O)cc1. The van der Waals surface area contributed by atoms with E-state index < -0.39 is 23.4 Å². The number of carbonyl (C=O) groups is 2. The number of hydrogen-bond donors (Lipinski definition) is 2. The van der Waals surface area contributed by atoms with Crippen molar-refractivity contribution >= 4 is 17.6 Å². The van der Waals surface area contributed by atoms with Crippen molar-refractivity contribution in [2.24, 2.45) is 0 Å². The van der Waals surface area contributed by atoms with Crippen molar-refractivity contribution < 1.29 is 24.2 Å². The number of carboxylic acid groups (broad SMARTS) is 1. The maximum Gasteiger partial charge on any atom is 0.335 e. The summed E-state index contributed by atoms with van der Waals surface area (Å²) in [5.74, 6) is -2.69. The molecule has 2 aromatic rings. The van der Waals surface area contributed by atoms with E-state index in [4.69, 9.17) is 5.11 Å². The summed E-state index contributed by atoms with van der Waals surface area (Å²) in [7, 11) is 1.47. The van der Waals surface area contributed by atoms with Gasteiger partial charge in [0, 0.05) is 18.8 Å². The number of phenolic OH excluding ortho intramolecular Hbond substituents is 1. The van der Waals surface area contributed by atoms with Gasteiger partial charge in [0.2, 0.25) is 0 Å². The number of carboxylic acids is 1. The molecule has 0 saturated carbocycles. The Hall–Kier alpha value is -2.89. The van der Waals surface area contributed by atoms with Gasteiger partial charge in [-0.25, -0.2) is 9.18 Å². The topological polar surface area (TPSA) is 77.8 Å². The standard InChI is InChI=1S/C15H12FNO4/c1-17(11-5-2-9(3-6-11)15(20)21)14(19)12-7-4-10(16)8-13(12)18/h2-8,18H,1H3,(H,20,21). The van der Waals surface area contributed by atoms with Crippen LogP contribution in [-0.4, -0.2) is 29.1 Å². The highest BCUT2D eigenvalue weighted by Crippen LogP contribution is 2.22. The lowest BCUT2D eigenvalue weighted by Gasteiger charge is -2.18. The van der Waals surface area contributed by atoms with E-state index in [1.165, 1.54) is 42.3 Å². The zero-order chi connectivity index (χ0) is 15.6. The van der Waals surface area contributed by atoms with E-state index in [1.54, 1.807) is 0 Å². The van der Waals surface area contributed by atoms with Gasteiger partial charge in [0.15, 0.2) is 0 Å². The predicted octanol–water partition coefficient (Wildman–Crippen LogP) is 2.51. The Labute approximate surface area is 119 Å². The highest BCUT2D eigenvalue weighted by atomic mass is 19.1. The summed E-state index contributed by atoms with van der Waals surface area (Å²) >= 11 is 0. The van der Waals surface area contributed by atoms with Crippen LogP contribution in [0.1, 0.15) is 20.7 Å². The number of halogens is 1. The number of anilines is 1. The molecule has 0 aliphatic heterocycles. The first-order chi connectivity index (χ1) is 9.90. The molecule has 0 unspecified atom stereocenters. The smallest absolute Gasteiger partial charge is 0.335 e. The zero-order valence-corrected chi connectivity index (χ0v) is 11.1. The van der Waals surface area contributed by atoms with Gasteiger partial charge in [0.05, 0.1) is 11.1 Å². The van der Waals surface area contributed by atoms with Crippen LogP contribution in [0.25, 0.3) is 0 Å². The van der Waals surface area contributed by atoms with E-state index in [0.717, 1.165) is 12.1 Å². The van der Waals surface area contributed by atoms with E-state index in [1.807, 2.05) is 0 Å². The average molecular weight is 289 g/mol. The monoisotopic (exact) mass is 289 g/mol. The summed E-state index contributed by atoms with van der Waals surface area (Å²) in [6.07, 6.45) is 0. The van der Waals surface area contributed by atoms with Gasteiger partial charge in [-0.15, -0.1) is 0 Å². The van der Waals surface area contributed by atoms with Crippen LogP contribution in [0, 0.1) is 5.82 Å². The minimum Gasteiger partial charge on any atom is -0.507 e. The Morgan fingerprint density at radius 3 is 2.24 bits per heavy atom. The van der Waals surface area contributed by atoms with E-state index >= 15 is 0 Å². The Morgan fingerprint density at radius 1 is 1.10 bits per heavy atom. The average Bonchev–Trinajstić information content (AvgIpc) is 2.46. The number of hydrogen-bond acceptors (Lipinski definition) is 3. The van der Waals surface area contributed by atoms with Gasteiger partial charge in [0.1, 0.15) is 11.6 Å². The highest BCUT2D eigenvalue weighted by molar-refractivity contribution is 6.07. The molecule has 2 N–H and O–H groups in total. The molecule has 5 nitrogen and oxygen atoms in total. The van der Waals surface area contributed by atoms with Crippen molar-refractivity contribution in [3.8, 4) is 5.75 Å². The second kappa shape index (κ2) is 5.62. The number of benzene rings is 2. The zero-order valence-electron chi connectivity index (χ0n) is 11.1. The molecule has 0 aromatic heterocycles. The van der Waals surface area contributed by atoms with Crippen molar-refractivity contribution in [2.45, 2.75) is 0 Å². The van der Waals surface area contributed by atoms with E-state index in [-0.39, 0.29) is 11.1 Å². The quantitative estimate of drug-likeness (QED) is 0.910. The fourth-order valence-electron chi connectivity index (χ4n) is 1.81. The van der Waals surface area contributed by atoms with Crippen molar-refractivity contribution in [3.05, 3.63) is 59.4 Å². The summed E-state index contributed by atoms with van der Waals surface area (Å²) in [4.78, 5) is 24.2. The first kappa shape index (κ1) is 14.5. The Balaban J connectivity index is 2.28. The van der Waals surface area contributed by atoms with Gasteiger partial charge in [-0.3, -0.25) is 4.79 Å². The molecule has 0 saturated heterocycles. The lowest BCUT2D eigenvalue weighted by Crippen LogP contribution is -2.26. The molecular formula is C15H12FNO4. The van der Waals surface area contributed by atoms with E-state index in [2.05, 4.69) is 0 Å². The molecule has 21 heavy (non-hydrogen) atoms. The minimum atomic E-state index is -1.06. The summed E-state index contributed by atoms with van der Waals surface area (Å²) < 4.78 is 12.9. The second-order valence-electron chi connectivity index (χ2n) is 4.38. The Kier molecular flexibility index (Phi) is 3.89. The van der Waals surface area contributed by atoms with E-state index in [0.29, 0.717) is 5.69 Å². The van der Waals surface area contributed by atoms with Crippen LogP contribution < -0.4 is 4.90 Å². The van der Waals surface area contributed by atoms with Crippen LogP contribution in [-0.2, 0) is 0 Å². The lowest BCUT2D eigenvalue weighted by atomic mass is 10.1. The molecule has 2 aromatic carbocycles. The van der Waals surface area contributed by atoms with E-state index in [9.17, 15) is 19.1 Å². The molecule has 0 fully saturated rings. The minimum absolute atomic E-state index is 0.0405. The van der Waals surface area contributed by atoms with Crippen molar-refractivity contribution in [1.82, 2.24) is 0 Å². The number of phenols is 1. The maximum atomic E-state index is 12.9. The second-order valence-corrected chi connectivity index (χ2v) is 4.38. The lowest BCUT2D eigenvalue weighted by molar-refractivity contribution is 0.0696. The van der Waals surface area contributed by atoms with Crippen LogP contribution in [0.5, 0.6) is 5.75 Å². The van der Waals surface area contributed by atoms with Gasteiger partial charge in [-0.2, -0.15) is 0 Å². The fraction of sp³-hybridized carbons (Fsp3) is 0.0667. The third-order valence-corrected chi connectivity index (χ3v) is 3.00. The largest absolute Gasteiger partial charge is 0.507 e. The molecule has 0 radical (unpaired) electrons. The number of rotatable bonds is 3. The van der Waals surface area contributed by atoms with Crippen LogP contribution in [0.2, 0.25) is 0 Å². The van der Waals surface area contributed by atoms with Crippen LogP contribution in [0.3, 0.4) is 0 Å². The molecule has 0 aliphatic carbocycles. The fourth-order valence-corrected chi connectivity index (χ4v) is 1.81. The molecule has 6 heteroatoms. The van der Waals surface area contributed by atoms with Crippen LogP contribution in [0.15, 0.2) is 42.5 Å². The summed E-state index contributed by atoms with van der Waals surface area (Å²) in [6, 6.07) is 8.81. The molecule has 0 atom stereocenters. The molecule has 0 heterocycles. The van der Waals surface area contributed by atoms with Crippen molar-refractivity contribution in [3.63, 3.8) is 0 Å². The van der Waals surface area contributed by atoms with Crippen molar-refractivity contribution in [1.29, 1.82) is 0 Å². The Bertz CT molecular complexity index is 697. The van der Waals surface area contributed by atoms with Crippen LogP contribution >= 0.6 is 0 Å². The number of aromatic hydroxyl groups is 1. The van der Waals surface area contributed by atoms with Gasteiger partial charge >= 0.3 is 5.97 Å². The third-order valence-electron chi connectivity index (χ3n) is 3.00. The number of carbonyl (C=O) groups excluding carboxylic acids is 1. The molecule has 0 bridgehead atoms. The normalized spacial score (nSPS) is 10.2. The third kappa shape index (κ3) is 3.00. The molecule has 0 spiro atoms.